The number of ether oxygens (including phenoxy) is 2. The predicted octanol–water partition coefficient (Wildman–Crippen LogP) is 3.55. The van der Waals surface area contributed by atoms with E-state index in [1.807, 2.05) is 6.07 Å². The fourth-order valence-electron chi connectivity index (χ4n) is 2.68. The largest absolute Gasteiger partial charge is 0.494 e. The van der Waals surface area contributed by atoms with Crippen molar-refractivity contribution in [2.45, 2.75) is 39.2 Å². The third-order valence-corrected chi connectivity index (χ3v) is 3.71. The maximum absolute atomic E-state index is 5.95. The molecule has 0 spiro atoms. The fraction of sp³-hybridized carbons (Fsp3) is 0.647. The minimum Gasteiger partial charge on any atom is -0.494 e. The van der Waals surface area contributed by atoms with E-state index >= 15 is 0 Å². The van der Waals surface area contributed by atoms with Gasteiger partial charge in [-0.1, -0.05) is 26.0 Å². The summed E-state index contributed by atoms with van der Waals surface area (Å²) in [6.07, 6.45) is 3.57. The third kappa shape index (κ3) is 4.22. The molecule has 1 saturated heterocycles. The number of rotatable bonds is 8. The van der Waals surface area contributed by atoms with Crippen LogP contribution in [0.3, 0.4) is 0 Å². The second-order valence-electron chi connectivity index (χ2n) is 5.47. The van der Waals surface area contributed by atoms with Crippen LogP contribution in [0.4, 0.5) is 0 Å². The summed E-state index contributed by atoms with van der Waals surface area (Å²) in [4.78, 5) is 0. The maximum atomic E-state index is 5.95. The molecule has 0 amide bonds. The molecule has 1 aliphatic heterocycles. The first kappa shape index (κ1) is 15.3. The molecule has 1 aromatic carbocycles. The molecule has 2 unspecified atom stereocenters. The summed E-state index contributed by atoms with van der Waals surface area (Å²) in [6.45, 7) is 8.09. The predicted molar refractivity (Wildman–Crippen MR) is 82.2 cm³/mol. The van der Waals surface area contributed by atoms with Gasteiger partial charge in [-0.2, -0.15) is 0 Å². The van der Waals surface area contributed by atoms with E-state index in [2.05, 4.69) is 37.4 Å². The molecular weight excluding hydrogens is 250 g/mol. The van der Waals surface area contributed by atoms with Crippen molar-refractivity contribution in [3.8, 4) is 5.75 Å². The van der Waals surface area contributed by atoms with Crippen LogP contribution in [0, 0.1) is 5.92 Å². The number of benzene rings is 1. The lowest BCUT2D eigenvalue weighted by atomic mass is 9.95. The van der Waals surface area contributed by atoms with Gasteiger partial charge in [-0.05, 0) is 43.5 Å². The van der Waals surface area contributed by atoms with Crippen LogP contribution in [-0.4, -0.2) is 26.3 Å². The standard InChI is InChI=1S/C17H27NO2/c1-3-9-18-13-15-8-11-20-17(15)14-6-5-7-16(12-14)19-10-4-2/h5-7,12,15,17-18H,3-4,8-11,13H2,1-2H3. The summed E-state index contributed by atoms with van der Waals surface area (Å²) < 4.78 is 11.7. The van der Waals surface area contributed by atoms with Gasteiger partial charge in [0.2, 0.25) is 0 Å². The molecule has 0 saturated carbocycles. The summed E-state index contributed by atoms with van der Waals surface area (Å²) in [5.41, 5.74) is 1.25. The molecule has 2 rings (SSSR count). The van der Waals surface area contributed by atoms with Gasteiger partial charge in [0.1, 0.15) is 5.75 Å². The highest BCUT2D eigenvalue weighted by atomic mass is 16.5. The maximum Gasteiger partial charge on any atom is 0.119 e. The Balaban J connectivity index is 1.97. The first-order valence-corrected chi connectivity index (χ1v) is 7.90. The monoisotopic (exact) mass is 277 g/mol. The van der Waals surface area contributed by atoms with Crippen molar-refractivity contribution >= 4 is 0 Å². The number of hydrogen-bond acceptors (Lipinski definition) is 3. The first-order chi connectivity index (χ1) is 9.85. The van der Waals surface area contributed by atoms with Crippen LogP contribution >= 0.6 is 0 Å². The van der Waals surface area contributed by atoms with Crippen LogP contribution in [-0.2, 0) is 4.74 Å². The molecule has 1 N–H and O–H groups in total. The average Bonchev–Trinajstić information content (AvgIpc) is 2.94. The Kier molecular flexibility index (Phi) is 6.34. The lowest BCUT2D eigenvalue weighted by Crippen LogP contribution is -2.25. The van der Waals surface area contributed by atoms with E-state index in [9.17, 15) is 0 Å². The quantitative estimate of drug-likeness (QED) is 0.737. The Labute approximate surface area is 122 Å². The van der Waals surface area contributed by atoms with Crippen LogP contribution in [0.2, 0.25) is 0 Å². The van der Waals surface area contributed by atoms with Crippen molar-refractivity contribution in [1.82, 2.24) is 5.32 Å². The van der Waals surface area contributed by atoms with E-state index in [1.54, 1.807) is 0 Å². The molecule has 0 radical (unpaired) electrons. The van der Waals surface area contributed by atoms with Gasteiger partial charge < -0.3 is 14.8 Å². The van der Waals surface area contributed by atoms with Crippen molar-refractivity contribution in [3.05, 3.63) is 29.8 Å². The average molecular weight is 277 g/mol. The lowest BCUT2D eigenvalue weighted by molar-refractivity contribution is 0.0903. The van der Waals surface area contributed by atoms with E-state index < -0.39 is 0 Å². The van der Waals surface area contributed by atoms with Crippen LogP contribution < -0.4 is 10.1 Å². The van der Waals surface area contributed by atoms with Gasteiger partial charge in [0.15, 0.2) is 0 Å². The minimum absolute atomic E-state index is 0.213. The Hall–Kier alpha value is -1.06. The Morgan fingerprint density at radius 3 is 3.00 bits per heavy atom. The van der Waals surface area contributed by atoms with Gasteiger partial charge in [0.05, 0.1) is 12.7 Å². The fourth-order valence-corrected chi connectivity index (χ4v) is 2.68. The second kappa shape index (κ2) is 8.28. The van der Waals surface area contributed by atoms with E-state index in [4.69, 9.17) is 9.47 Å². The van der Waals surface area contributed by atoms with Crippen LogP contribution in [0.25, 0.3) is 0 Å². The second-order valence-corrected chi connectivity index (χ2v) is 5.47. The molecule has 3 heteroatoms. The summed E-state index contributed by atoms with van der Waals surface area (Å²) in [5, 5.41) is 3.51. The molecule has 1 aliphatic rings. The van der Waals surface area contributed by atoms with Crippen molar-refractivity contribution < 1.29 is 9.47 Å². The Bertz CT molecular complexity index is 394. The van der Waals surface area contributed by atoms with Gasteiger partial charge in [-0.15, -0.1) is 0 Å². The number of nitrogens with one attached hydrogen (secondary N) is 1. The van der Waals surface area contributed by atoms with Crippen molar-refractivity contribution in [1.29, 1.82) is 0 Å². The van der Waals surface area contributed by atoms with Gasteiger partial charge in [-0.3, -0.25) is 0 Å². The molecular formula is C17H27NO2. The van der Waals surface area contributed by atoms with E-state index in [-0.39, 0.29) is 6.10 Å². The smallest absolute Gasteiger partial charge is 0.119 e. The summed E-state index contributed by atoms with van der Waals surface area (Å²) in [7, 11) is 0. The van der Waals surface area contributed by atoms with E-state index in [0.717, 1.165) is 44.9 Å². The topological polar surface area (TPSA) is 30.5 Å². The molecule has 3 nitrogen and oxygen atoms in total. The zero-order valence-electron chi connectivity index (χ0n) is 12.7. The van der Waals surface area contributed by atoms with Gasteiger partial charge in [-0.25, -0.2) is 0 Å². The third-order valence-electron chi connectivity index (χ3n) is 3.71. The van der Waals surface area contributed by atoms with Crippen LogP contribution in [0.5, 0.6) is 5.75 Å². The van der Waals surface area contributed by atoms with Gasteiger partial charge in [0.25, 0.3) is 0 Å². The first-order valence-electron chi connectivity index (χ1n) is 7.90. The highest BCUT2D eigenvalue weighted by molar-refractivity contribution is 5.30. The van der Waals surface area contributed by atoms with Crippen molar-refractivity contribution in [2.75, 3.05) is 26.3 Å². The SMILES string of the molecule is CCCNCC1CCOC1c1cccc(OCCC)c1. The zero-order valence-corrected chi connectivity index (χ0v) is 12.7. The highest BCUT2D eigenvalue weighted by Crippen LogP contribution is 2.35. The van der Waals surface area contributed by atoms with Crippen LogP contribution in [0.1, 0.15) is 44.8 Å². The van der Waals surface area contributed by atoms with E-state index in [0.29, 0.717) is 5.92 Å². The minimum atomic E-state index is 0.213. The Morgan fingerprint density at radius 1 is 1.30 bits per heavy atom. The molecule has 20 heavy (non-hydrogen) atoms. The molecule has 0 aromatic heterocycles. The zero-order chi connectivity index (χ0) is 14.2. The van der Waals surface area contributed by atoms with Crippen LogP contribution in [0.15, 0.2) is 24.3 Å². The Morgan fingerprint density at radius 2 is 2.20 bits per heavy atom. The molecule has 0 aliphatic carbocycles. The molecule has 2 atom stereocenters. The van der Waals surface area contributed by atoms with Gasteiger partial charge >= 0.3 is 0 Å². The van der Waals surface area contributed by atoms with E-state index in [1.165, 1.54) is 12.0 Å². The number of hydrogen-bond donors (Lipinski definition) is 1. The molecule has 1 fully saturated rings. The lowest BCUT2D eigenvalue weighted by Gasteiger charge is -2.20. The summed E-state index contributed by atoms with van der Waals surface area (Å²) in [6, 6.07) is 8.39. The summed E-state index contributed by atoms with van der Waals surface area (Å²) >= 11 is 0. The molecule has 1 aromatic rings. The molecule has 112 valence electrons. The summed E-state index contributed by atoms with van der Waals surface area (Å²) in [5.74, 6) is 1.53. The normalized spacial score (nSPS) is 22.1. The van der Waals surface area contributed by atoms with Crippen molar-refractivity contribution in [3.63, 3.8) is 0 Å². The van der Waals surface area contributed by atoms with Crippen molar-refractivity contribution in [2.24, 2.45) is 5.92 Å². The van der Waals surface area contributed by atoms with Gasteiger partial charge in [0, 0.05) is 19.1 Å². The molecule has 0 bridgehead atoms. The highest BCUT2D eigenvalue weighted by Gasteiger charge is 2.29. The molecule has 1 heterocycles.